The van der Waals surface area contributed by atoms with Gasteiger partial charge in [-0.3, -0.25) is 0 Å². The Morgan fingerprint density at radius 1 is 1.05 bits per heavy atom. The Kier molecular flexibility index (Phi) is 5.28. The molecule has 0 aliphatic heterocycles. The van der Waals surface area contributed by atoms with Crippen LogP contribution in [0.4, 0.5) is 0 Å². The fourth-order valence-corrected chi connectivity index (χ4v) is 2.92. The molecule has 0 aliphatic rings. The van der Waals surface area contributed by atoms with Crippen molar-refractivity contribution in [3.05, 3.63) is 68.7 Å². The lowest BCUT2D eigenvalue weighted by Gasteiger charge is -2.24. The summed E-state index contributed by atoms with van der Waals surface area (Å²) in [5.41, 5.74) is 9.94. The van der Waals surface area contributed by atoms with Crippen LogP contribution in [0.15, 0.2) is 36.4 Å². The summed E-state index contributed by atoms with van der Waals surface area (Å²) in [6, 6.07) is 11.2. The second kappa shape index (κ2) is 6.80. The summed E-state index contributed by atoms with van der Waals surface area (Å²) < 4.78 is 0. The molecule has 0 heterocycles. The molecule has 2 rings (SSSR count). The summed E-state index contributed by atoms with van der Waals surface area (Å²) in [5.74, 6) is -0.206. The van der Waals surface area contributed by atoms with Crippen molar-refractivity contribution in [1.82, 2.24) is 0 Å². The van der Waals surface area contributed by atoms with Crippen molar-refractivity contribution in [2.45, 2.75) is 25.9 Å². The Morgan fingerprint density at radius 2 is 1.76 bits per heavy atom. The lowest BCUT2D eigenvalue weighted by atomic mass is 9.87. The van der Waals surface area contributed by atoms with E-state index in [1.165, 1.54) is 11.1 Å². The van der Waals surface area contributed by atoms with Crippen molar-refractivity contribution >= 4 is 23.2 Å². The lowest BCUT2D eigenvalue weighted by Crippen LogP contribution is -2.20. The average Bonchev–Trinajstić information content (AvgIpc) is 2.43. The Labute approximate surface area is 135 Å². The molecule has 0 spiro atoms. The number of aliphatic hydroxyl groups is 1. The van der Waals surface area contributed by atoms with Gasteiger partial charge in [0.15, 0.2) is 0 Å². The first-order valence-electron chi connectivity index (χ1n) is 6.84. The van der Waals surface area contributed by atoms with Crippen molar-refractivity contribution in [2.24, 2.45) is 5.73 Å². The van der Waals surface area contributed by atoms with E-state index < -0.39 is 6.10 Å². The van der Waals surface area contributed by atoms with Gasteiger partial charge in [-0.05, 0) is 48.2 Å². The van der Waals surface area contributed by atoms with Gasteiger partial charge in [-0.25, -0.2) is 0 Å². The second-order valence-electron chi connectivity index (χ2n) is 5.30. The largest absolute Gasteiger partial charge is 0.388 e. The van der Waals surface area contributed by atoms with E-state index in [1.54, 1.807) is 18.2 Å². The van der Waals surface area contributed by atoms with Gasteiger partial charge in [0, 0.05) is 22.5 Å². The standard InChI is InChI=1S/C17H19Cl2NO/c1-10-3-4-12(7-11(10)2)15(9-20)17(21)14-6-5-13(18)8-16(14)19/h3-8,15,17,21H,9,20H2,1-2H3. The van der Waals surface area contributed by atoms with Gasteiger partial charge >= 0.3 is 0 Å². The SMILES string of the molecule is Cc1ccc(C(CN)C(O)c2ccc(Cl)cc2Cl)cc1C. The predicted molar refractivity (Wildman–Crippen MR) is 89.1 cm³/mol. The maximum atomic E-state index is 10.7. The van der Waals surface area contributed by atoms with Crippen LogP contribution in [-0.2, 0) is 0 Å². The van der Waals surface area contributed by atoms with Crippen LogP contribution in [-0.4, -0.2) is 11.7 Å². The molecule has 2 aromatic rings. The molecule has 2 nitrogen and oxygen atoms in total. The second-order valence-corrected chi connectivity index (χ2v) is 6.14. The minimum absolute atomic E-state index is 0.206. The quantitative estimate of drug-likeness (QED) is 0.876. The van der Waals surface area contributed by atoms with Crippen molar-refractivity contribution in [1.29, 1.82) is 0 Å². The first-order chi connectivity index (χ1) is 9.93. The van der Waals surface area contributed by atoms with Gasteiger partial charge < -0.3 is 10.8 Å². The van der Waals surface area contributed by atoms with E-state index in [0.717, 1.165) is 5.56 Å². The Bertz CT molecular complexity index is 643. The number of rotatable bonds is 4. The summed E-state index contributed by atoms with van der Waals surface area (Å²) >= 11 is 12.1. The van der Waals surface area contributed by atoms with E-state index in [9.17, 15) is 5.11 Å². The highest BCUT2D eigenvalue weighted by atomic mass is 35.5. The van der Waals surface area contributed by atoms with Crippen molar-refractivity contribution in [2.75, 3.05) is 6.54 Å². The van der Waals surface area contributed by atoms with Gasteiger partial charge in [0.2, 0.25) is 0 Å². The van der Waals surface area contributed by atoms with E-state index in [2.05, 4.69) is 13.0 Å². The highest BCUT2D eigenvalue weighted by Gasteiger charge is 2.23. The Balaban J connectivity index is 2.37. The zero-order valence-corrected chi connectivity index (χ0v) is 13.6. The minimum Gasteiger partial charge on any atom is -0.388 e. The maximum absolute atomic E-state index is 10.7. The average molecular weight is 324 g/mol. The molecule has 0 saturated heterocycles. The fraction of sp³-hybridized carbons (Fsp3) is 0.294. The molecule has 0 saturated carbocycles. The van der Waals surface area contributed by atoms with E-state index in [0.29, 0.717) is 22.2 Å². The molecular formula is C17H19Cl2NO. The molecule has 0 aromatic heterocycles. The third kappa shape index (κ3) is 3.58. The van der Waals surface area contributed by atoms with Crippen LogP contribution in [0.1, 0.15) is 34.3 Å². The highest BCUT2D eigenvalue weighted by molar-refractivity contribution is 6.35. The number of aryl methyl sites for hydroxylation is 2. The van der Waals surface area contributed by atoms with E-state index >= 15 is 0 Å². The van der Waals surface area contributed by atoms with E-state index in [-0.39, 0.29) is 5.92 Å². The molecule has 4 heteroatoms. The van der Waals surface area contributed by atoms with E-state index in [1.807, 2.05) is 19.1 Å². The lowest BCUT2D eigenvalue weighted by molar-refractivity contribution is 0.147. The normalized spacial score (nSPS) is 14.0. The van der Waals surface area contributed by atoms with Crippen LogP contribution < -0.4 is 5.73 Å². The van der Waals surface area contributed by atoms with Crippen molar-refractivity contribution in [3.8, 4) is 0 Å². The highest BCUT2D eigenvalue weighted by Crippen LogP contribution is 2.35. The number of benzene rings is 2. The third-order valence-electron chi connectivity index (χ3n) is 3.88. The van der Waals surface area contributed by atoms with Gasteiger partial charge in [-0.2, -0.15) is 0 Å². The molecule has 2 unspecified atom stereocenters. The van der Waals surface area contributed by atoms with Gasteiger partial charge in [0.05, 0.1) is 6.10 Å². The molecule has 0 fully saturated rings. The minimum atomic E-state index is -0.762. The molecule has 0 aliphatic carbocycles. The fourth-order valence-electron chi connectivity index (χ4n) is 2.40. The summed E-state index contributed by atoms with van der Waals surface area (Å²) in [6.07, 6.45) is -0.762. The molecular weight excluding hydrogens is 305 g/mol. The van der Waals surface area contributed by atoms with Crippen LogP contribution in [0, 0.1) is 13.8 Å². The van der Waals surface area contributed by atoms with Gasteiger partial charge in [-0.15, -0.1) is 0 Å². The molecule has 0 bridgehead atoms. The monoisotopic (exact) mass is 323 g/mol. The van der Waals surface area contributed by atoms with Crippen LogP contribution in [0.2, 0.25) is 10.0 Å². The predicted octanol–water partition coefficient (Wildman–Crippen LogP) is 4.39. The summed E-state index contributed by atoms with van der Waals surface area (Å²) in [7, 11) is 0. The van der Waals surface area contributed by atoms with Crippen LogP contribution in [0.25, 0.3) is 0 Å². The Morgan fingerprint density at radius 3 is 2.33 bits per heavy atom. The molecule has 0 amide bonds. The Hall–Kier alpha value is -1.06. The smallest absolute Gasteiger partial charge is 0.0885 e. The zero-order valence-electron chi connectivity index (χ0n) is 12.1. The zero-order chi connectivity index (χ0) is 15.6. The summed E-state index contributed by atoms with van der Waals surface area (Å²) in [6.45, 7) is 4.44. The molecule has 21 heavy (non-hydrogen) atoms. The first kappa shape index (κ1) is 16.3. The molecule has 112 valence electrons. The van der Waals surface area contributed by atoms with Crippen LogP contribution >= 0.6 is 23.2 Å². The number of aliphatic hydroxyl groups excluding tert-OH is 1. The topological polar surface area (TPSA) is 46.2 Å². The van der Waals surface area contributed by atoms with Gasteiger partial charge in [-0.1, -0.05) is 47.5 Å². The molecule has 2 atom stereocenters. The van der Waals surface area contributed by atoms with Crippen LogP contribution in [0.5, 0.6) is 0 Å². The maximum Gasteiger partial charge on any atom is 0.0885 e. The van der Waals surface area contributed by atoms with Gasteiger partial charge in [0.1, 0.15) is 0 Å². The van der Waals surface area contributed by atoms with Crippen molar-refractivity contribution in [3.63, 3.8) is 0 Å². The summed E-state index contributed by atoms with van der Waals surface area (Å²) in [4.78, 5) is 0. The van der Waals surface area contributed by atoms with E-state index in [4.69, 9.17) is 28.9 Å². The third-order valence-corrected chi connectivity index (χ3v) is 4.44. The summed E-state index contributed by atoms with van der Waals surface area (Å²) in [5, 5.41) is 11.7. The van der Waals surface area contributed by atoms with Gasteiger partial charge in [0.25, 0.3) is 0 Å². The molecule has 3 N–H and O–H groups in total. The molecule has 2 aromatic carbocycles. The first-order valence-corrected chi connectivity index (χ1v) is 7.60. The number of halogens is 2. The van der Waals surface area contributed by atoms with Crippen molar-refractivity contribution < 1.29 is 5.11 Å². The molecule has 0 radical (unpaired) electrons. The van der Waals surface area contributed by atoms with Crippen LogP contribution in [0.3, 0.4) is 0 Å². The number of nitrogens with two attached hydrogens (primary N) is 1. The number of hydrogen-bond donors (Lipinski definition) is 2. The number of hydrogen-bond acceptors (Lipinski definition) is 2.